The van der Waals surface area contributed by atoms with Gasteiger partial charge < -0.3 is 15.2 Å². The van der Waals surface area contributed by atoms with Gasteiger partial charge in [0.25, 0.3) is 0 Å². The Kier molecular flexibility index (Phi) is 4.41. The number of aliphatic carboxylic acids is 1. The third kappa shape index (κ3) is 4.94. The molecule has 0 bridgehead atoms. The molecule has 0 aromatic heterocycles. The lowest BCUT2D eigenvalue weighted by Crippen LogP contribution is -2.22. The third-order valence-electron chi connectivity index (χ3n) is 2.00. The van der Waals surface area contributed by atoms with E-state index in [2.05, 4.69) is 10.1 Å². The second-order valence-corrected chi connectivity index (χ2v) is 3.69. The first-order chi connectivity index (χ1) is 8.28. The zero-order chi connectivity index (χ0) is 13.8. The number of hydrogen-bond donors (Lipinski definition) is 2. The Morgan fingerprint density at radius 2 is 2.06 bits per heavy atom. The number of hydrogen-bond acceptors (Lipinski definition) is 3. The summed E-state index contributed by atoms with van der Waals surface area (Å²) in [5.41, 5.74) is 0.101. The van der Waals surface area contributed by atoms with E-state index in [9.17, 15) is 18.0 Å². The predicted molar refractivity (Wildman–Crippen MR) is 58.5 cm³/mol. The topological polar surface area (TPSA) is 58.6 Å². The summed E-state index contributed by atoms with van der Waals surface area (Å²) in [5, 5.41) is 11.2. The molecule has 0 fully saturated rings. The molecule has 0 aliphatic carbocycles. The average molecular weight is 263 g/mol. The minimum Gasteiger partial charge on any atom is -0.481 e. The second kappa shape index (κ2) is 5.61. The Morgan fingerprint density at radius 1 is 1.44 bits per heavy atom. The highest BCUT2D eigenvalue weighted by molar-refractivity contribution is 5.68. The molecule has 18 heavy (non-hydrogen) atoms. The van der Waals surface area contributed by atoms with E-state index in [-0.39, 0.29) is 17.9 Å². The molecule has 0 radical (unpaired) electrons. The maximum atomic E-state index is 12.1. The molecule has 7 heteroatoms. The van der Waals surface area contributed by atoms with Crippen LogP contribution in [0.3, 0.4) is 0 Å². The van der Waals surface area contributed by atoms with E-state index in [1.54, 1.807) is 6.92 Å². The number of benzene rings is 1. The van der Waals surface area contributed by atoms with Crippen molar-refractivity contribution >= 4 is 11.7 Å². The summed E-state index contributed by atoms with van der Waals surface area (Å²) in [6.45, 7) is 1.55. The van der Waals surface area contributed by atoms with E-state index in [0.29, 0.717) is 0 Å². The molecular formula is C11H12F3NO3. The molecule has 1 aromatic carbocycles. The lowest BCUT2D eigenvalue weighted by molar-refractivity contribution is -0.274. The zero-order valence-electron chi connectivity index (χ0n) is 9.49. The van der Waals surface area contributed by atoms with Gasteiger partial charge in [-0.25, -0.2) is 0 Å². The van der Waals surface area contributed by atoms with Crippen LogP contribution in [0.5, 0.6) is 5.75 Å². The highest BCUT2D eigenvalue weighted by atomic mass is 19.4. The fourth-order valence-corrected chi connectivity index (χ4v) is 1.38. The van der Waals surface area contributed by atoms with Crippen molar-refractivity contribution in [1.29, 1.82) is 0 Å². The molecule has 0 heterocycles. The van der Waals surface area contributed by atoms with Gasteiger partial charge in [0.05, 0.1) is 12.1 Å². The third-order valence-corrected chi connectivity index (χ3v) is 2.00. The van der Waals surface area contributed by atoms with Crippen molar-refractivity contribution in [3.8, 4) is 5.75 Å². The summed E-state index contributed by atoms with van der Waals surface area (Å²) in [7, 11) is 0. The number of carboxylic acids is 1. The summed E-state index contributed by atoms with van der Waals surface area (Å²) < 4.78 is 40.2. The Balaban J connectivity index is 2.79. The predicted octanol–water partition coefficient (Wildman–Crippen LogP) is 2.86. The van der Waals surface area contributed by atoms with Crippen molar-refractivity contribution in [1.82, 2.24) is 0 Å². The van der Waals surface area contributed by atoms with Gasteiger partial charge in [0, 0.05) is 6.04 Å². The van der Waals surface area contributed by atoms with Gasteiger partial charge in [-0.2, -0.15) is 0 Å². The molecule has 100 valence electrons. The summed E-state index contributed by atoms with van der Waals surface area (Å²) in [4.78, 5) is 10.5. The molecule has 0 saturated heterocycles. The summed E-state index contributed by atoms with van der Waals surface area (Å²) in [5.74, 6) is -1.42. The van der Waals surface area contributed by atoms with Crippen molar-refractivity contribution in [2.24, 2.45) is 0 Å². The molecule has 0 aliphatic rings. The van der Waals surface area contributed by atoms with E-state index in [1.165, 1.54) is 18.2 Å². The minimum absolute atomic E-state index is 0.101. The molecule has 2 N–H and O–H groups in total. The van der Waals surface area contributed by atoms with Crippen molar-refractivity contribution in [3.05, 3.63) is 24.3 Å². The zero-order valence-corrected chi connectivity index (χ0v) is 9.49. The SMILES string of the molecule is CC(CC(=O)O)Nc1ccccc1OC(F)(F)F. The van der Waals surface area contributed by atoms with Crippen LogP contribution in [-0.4, -0.2) is 23.5 Å². The van der Waals surface area contributed by atoms with Crippen molar-refractivity contribution < 1.29 is 27.8 Å². The smallest absolute Gasteiger partial charge is 0.481 e. The number of carboxylic acid groups (broad SMARTS) is 1. The second-order valence-electron chi connectivity index (χ2n) is 3.69. The van der Waals surface area contributed by atoms with E-state index in [1.807, 2.05) is 0 Å². The molecule has 0 saturated carbocycles. The van der Waals surface area contributed by atoms with Crippen LogP contribution >= 0.6 is 0 Å². The van der Waals surface area contributed by atoms with Gasteiger partial charge in [-0.15, -0.1) is 13.2 Å². The van der Waals surface area contributed by atoms with Gasteiger partial charge in [-0.1, -0.05) is 12.1 Å². The van der Waals surface area contributed by atoms with Gasteiger partial charge in [-0.05, 0) is 19.1 Å². The van der Waals surface area contributed by atoms with Crippen LogP contribution in [0.1, 0.15) is 13.3 Å². The van der Waals surface area contributed by atoms with E-state index in [4.69, 9.17) is 5.11 Å². The lowest BCUT2D eigenvalue weighted by Gasteiger charge is -2.17. The summed E-state index contributed by atoms with van der Waals surface area (Å²) >= 11 is 0. The molecule has 0 spiro atoms. The van der Waals surface area contributed by atoms with Gasteiger partial charge in [0.1, 0.15) is 0 Å². The van der Waals surface area contributed by atoms with Crippen LogP contribution in [-0.2, 0) is 4.79 Å². The van der Waals surface area contributed by atoms with Gasteiger partial charge >= 0.3 is 12.3 Å². The molecule has 0 amide bonds. The summed E-state index contributed by atoms with van der Waals surface area (Å²) in [6.07, 6.45) is -4.99. The van der Waals surface area contributed by atoms with Crippen LogP contribution in [0.2, 0.25) is 0 Å². The first kappa shape index (κ1) is 14.1. The average Bonchev–Trinajstić information content (AvgIpc) is 2.17. The van der Waals surface area contributed by atoms with Crippen LogP contribution in [0.4, 0.5) is 18.9 Å². The lowest BCUT2D eigenvalue weighted by atomic mass is 10.2. The number of para-hydroxylation sites is 2. The maximum Gasteiger partial charge on any atom is 0.573 e. The van der Waals surface area contributed by atoms with Crippen LogP contribution in [0.15, 0.2) is 24.3 Å². The Labute approximate surface area is 101 Å². The molecule has 1 rings (SSSR count). The highest BCUT2D eigenvalue weighted by Gasteiger charge is 2.32. The van der Waals surface area contributed by atoms with Gasteiger partial charge in [0.2, 0.25) is 0 Å². The molecule has 1 unspecified atom stereocenters. The molecule has 1 aromatic rings. The maximum absolute atomic E-state index is 12.1. The van der Waals surface area contributed by atoms with Crippen LogP contribution in [0.25, 0.3) is 0 Å². The Morgan fingerprint density at radius 3 is 2.61 bits per heavy atom. The number of ether oxygens (including phenoxy) is 1. The number of anilines is 1. The standard InChI is InChI=1S/C11H12F3NO3/c1-7(6-10(16)17)15-8-4-2-3-5-9(8)18-11(12,13)14/h2-5,7,15H,6H2,1H3,(H,16,17). The summed E-state index contributed by atoms with van der Waals surface area (Å²) in [6, 6.07) is 4.95. The van der Waals surface area contributed by atoms with E-state index >= 15 is 0 Å². The fourth-order valence-electron chi connectivity index (χ4n) is 1.38. The van der Waals surface area contributed by atoms with Crippen LogP contribution < -0.4 is 10.1 Å². The minimum atomic E-state index is -4.78. The Bertz CT molecular complexity index is 420. The number of halogens is 3. The van der Waals surface area contributed by atoms with Gasteiger partial charge in [-0.3, -0.25) is 4.79 Å². The number of nitrogens with one attached hydrogen (secondary N) is 1. The largest absolute Gasteiger partial charge is 0.573 e. The first-order valence-electron chi connectivity index (χ1n) is 5.11. The van der Waals surface area contributed by atoms with Crippen LogP contribution in [0, 0.1) is 0 Å². The highest BCUT2D eigenvalue weighted by Crippen LogP contribution is 2.30. The molecule has 4 nitrogen and oxygen atoms in total. The Hall–Kier alpha value is -1.92. The van der Waals surface area contributed by atoms with Crippen molar-refractivity contribution in [2.75, 3.05) is 5.32 Å². The van der Waals surface area contributed by atoms with E-state index < -0.39 is 18.4 Å². The van der Waals surface area contributed by atoms with Crippen molar-refractivity contribution in [2.45, 2.75) is 25.7 Å². The monoisotopic (exact) mass is 263 g/mol. The molecule has 0 aliphatic heterocycles. The molecule has 1 atom stereocenters. The molecular weight excluding hydrogens is 251 g/mol. The van der Waals surface area contributed by atoms with Crippen molar-refractivity contribution in [3.63, 3.8) is 0 Å². The number of alkyl halides is 3. The van der Waals surface area contributed by atoms with E-state index in [0.717, 1.165) is 6.07 Å². The first-order valence-corrected chi connectivity index (χ1v) is 5.11. The fraction of sp³-hybridized carbons (Fsp3) is 0.364. The quantitative estimate of drug-likeness (QED) is 0.857. The van der Waals surface area contributed by atoms with Gasteiger partial charge in [0.15, 0.2) is 5.75 Å². The number of rotatable bonds is 5. The number of carbonyl (C=O) groups is 1. The normalized spacial score (nSPS) is 12.9.